The van der Waals surface area contributed by atoms with Crippen LogP contribution in [-0.2, 0) is 14.8 Å². The van der Waals surface area contributed by atoms with Crippen molar-refractivity contribution in [2.45, 2.75) is 17.7 Å². The second-order valence-electron chi connectivity index (χ2n) is 5.95. The van der Waals surface area contributed by atoms with Gasteiger partial charge in [0.25, 0.3) is 0 Å². The van der Waals surface area contributed by atoms with Gasteiger partial charge in [0.15, 0.2) is 0 Å². The molecule has 1 saturated heterocycles. The number of nitrogens with zero attached hydrogens (tertiary/aromatic N) is 3. The fraction of sp³-hybridized carbons (Fsp3) is 0.438. The van der Waals surface area contributed by atoms with Gasteiger partial charge in [-0.1, -0.05) is 0 Å². The number of nitrogens with one attached hydrogen (secondary N) is 1. The summed E-state index contributed by atoms with van der Waals surface area (Å²) < 4.78 is 32.3. The largest absolute Gasteiger partial charge is 0.465 e. The Morgan fingerprint density at radius 3 is 2.81 bits per heavy atom. The minimum Gasteiger partial charge on any atom is -0.465 e. The van der Waals surface area contributed by atoms with Gasteiger partial charge < -0.3 is 9.64 Å². The molecule has 140 valence electrons. The summed E-state index contributed by atoms with van der Waals surface area (Å²) in [5, 5.41) is 1.57. The van der Waals surface area contributed by atoms with E-state index < -0.39 is 16.0 Å². The van der Waals surface area contributed by atoms with Gasteiger partial charge >= 0.3 is 5.97 Å². The summed E-state index contributed by atoms with van der Waals surface area (Å²) in [6.45, 7) is 1.95. The van der Waals surface area contributed by atoms with Crippen molar-refractivity contribution in [2.24, 2.45) is 5.92 Å². The van der Waals surface area contributed by atoms with Gasteiger partial charge in [-0.05, 0) is 30.2 Å². The topological polar surface area (TPSA) is 101 Å². The molecule has 2 aromatic heterocycles. The van der Waals surface area contributed by atoms with Gasteiger partial charge in [-0.15, -0.1) is 11.3 Å². The molecule has 0 radical (unpaired) electrons. The second kappa shape index (κ2) is 8.11. The number of rotatable bonds is 6. The van der Waals surface area contributed by atoms with Crippen LogP contribution in [0.3, 0.4) is 0 Å². The summed E-state index contributed by atoms with van der Waals surface area (Å²) in [5.41, 5.74) is 0. The molecule has 3 rings (SSSR count). The number of sulfonamides is 1. The average molecular weight is 396 g/mol. The lowest BCUT2D eigenvalue weighted by atomic mass is 9.97. The molecule has 3 heterocycles. The maximum absolute atomic E-state index is 12.5. The van der Waals surface area contributed by atoms with Crippen LogP contribution in [0.15, 0.2) is 34.9 Å². The van der Waals surface area contributed by atoms with E-state index in [2.05, 4.69) is 24.3 Å². The van der Waals surface area contributed by atoms with Gasteiger partial charge in [-0.2, -0.15) is 0 Å². The summed E-state index contributed by atoms with van der Waals surface area (Å²) in [6, 6.07) is 1.43. The van der Waals surface area contributed by atoms with Crippen LogP contribution in [0.2, 0.25) is 0 Å². The van der Waals surface area contributed by atoms with E-state index in [-0.39, 0.29) is 15.7 Å². The monoisotopic (exact) mass is 396 g/mol. The van der Waals surface area contributed by atoms with Gasteiger partial charge in [0.1, 0.15) is 15.6 Å². The van der Waals surface area contributed by atoms with Gasteiger partial charge in [0.05, 0.1) is 13.3 Å². The normalized spacial score (nSPS) is 15.8. The van der Waals surface area contributed by atoms with E-state index in [1.54, 1.807) is 24.0 Å². The van der Waals surface area contributed by atoms with E-state index in [9.17, 15) is 13.2 Å². The molecule has 0 saturated carbocycles. The average Bonchev–Trinajstić information content (AvgIpc) is 3.18. The van der Waals surface area contributed by atoms with Crippen molar-refractivity contribution >= 4 is 33.1 Å². The smallest absolute Gasteiger partial charge is 0.349 e. The number of esters is 1. The predicted molar refractivity (Wildman–Crippen MR) is 97.8 cm³/mol. The highest BCUT2D eigenvalue weighted by atomic mass is 32.2. The third-order valence-electron chi connectivity index (χ3n) is 4.34. The lowest BCUT2D eigenvalue weighted by molar-refractivity contribution is 0.0602. The number of carbonyl (C=O) groups is 1. The molecule has 1 aliphatic rings. The molecular formula is C16H20N4O4S2. The SMILES string of the molecule is COC(=O)c1sccc1S(=O)(=O)NCC1CCN(c2cnccn2)CC1. The molecule has 1 fully saturated rings. The van der Waals surface area contributed by atoms with Crippen LogP contribution in [0.1, 0.15) is 22.5 Å². The predicted octanol–water partition coefficient (Wildman–Crippen LogP) is 1.52. The van der Waals surface area contributed by atoms with Crippen LogP contribution >= 0.6 is 11.3 Å². The molecule has 1 N–H and O–H groups in total. The number of thiophene rings is 1. The molecular weight excluding hydrogens is 376 g/mol. The van der Waals surface area contributed by atoms with E-state index in [0.717, 1.165) is 43.1 Å². The standard InChI is InChI=1S/C16H20N4O4S2/c1-24-16(21)15-13(4-9-25-15)26(22,23)19-10-12-2-7-20(8-3-12)14-11-17-5-6-18-14/h4-6,9,11-12,19H,2-3,7-8,10H2,1H3. The second-order valence-corrected chi connectivity index (χ2v) is 8.60. The van der Waals surface area contributed by atoms with Crippen molar-refractivity contribution in [3.8, 4) is 0 Å². The molecule has 8 nitrogen and oxygen atoms in total. The van der Waals surface area contributed by atoms with E-state index >= 15 is 0 Å². The van der Waals surface area contributed by atoms with Crippen molar-refractivity contribution in [1.29, 1.82) is 0 Å². The zero-order valence-corrected chi connectivity index (χ0v) is 15.9. The number of carbonyl (C=O) groups excluding carboxylic acids is 1. The Balaban J connectivity index is 1.56. The summed E-state index contributed by atoms with van der Waals surface area (Å²) in [6.07, 6.45) is 6.74. The number of hydrogen-bond acceptors (Lipinski definition) is 8. The lowest BCUT2D eigenvalue weighted by Gasteiger charge is -2.32. The Bertz CT molecular complexity index is 846. The van der Waals surface area contributed by atoms with Gasteiger partial charge in [-0.3, -0.25) is 4.98 Å². The molecule has 0 unspecified atom stereocenters. The van der Waals surface area contributed by atoms with Crippen LogP contribution in [0.25, 0.3) is 0 Å². The Morgan fingerprint density at radius 1 is 1.38 bits per heavy atom. The van der Waals surface area contributed by atoms with E-state index in [0.29, 0.717) is 6.54 Å². The van der Waals surface area contributed by atoms with Crippen LogP contribution in [0.5, 0.6) is 0 Å². The Labute approximate surface area is 156 Å². The molecule has 2 aromatic rings. The quantitative estimate of drug-likeness (QED) is 0.739. The fourth-order valence-electron chi connectivity index (χ4n) is 2.88. The lowest BCUT2D eigenvalue weighted by Crippen LogP contribution is -2.39. The number of methoxy groups -OCH3 is 1. The van der Waals surface area contributed by atoms with Gasteiger partial charge in [0, 0.05) is 32.0 Å². The highest BCUT2D eigenvalue weighted by molar-refractivity contribution is 7.89. The molecule has 0 aliphatic carbocycles. The molecule has 0 bridgehead atoms. The van der Waals surface area contributed by atoms with Crippen LogP contribution in [0.4, 0.5) is 5.82 Å². The van der Waals surface area contributed by atoms with E-state index in [1.165, 1.54) is 13.2 Å². The first-order valence-electron chi connectivity index (χ1n) is 8.17. The van der Waals surface area contributed by atoms with Crippen LogP contribution in [0, 0.1) is 5.92 Å². The Morgan fingerprint density at radius 2 is 2.15 bits per heavy atom. The number of hydrogen-bond donors (Lipinski definition) is 1. The zero-order chi connectivity index (χ0) is 18.6. The highest BCUT2D eigenvalue weighted by Gasteiger charge is 2.26. The number of anilines is 1. The summed E-state index contributed by atoms with van der Waals surface area (Å²) in [7, 11) is -2.51. The first-order chi connectivity index (χ1) is 12.5. The maximum atomic E-state index is 12.5. The maximum Gasteiger partial charge on any atom is 0.349 e. The summed E-state index contributed by atoms with van der Waals surface area (Å²) in [4.78, 5) is 22.3. The van der Waals surface area contributed by atoms with Crippen molar-refractivity contribution in [1.82, 2.24) is 14.7 Å². The Hall–Kier alpha value is -2.04. The van der Waals surface area contributed by atoms with E-state index in [4.69, 9.17) is 0 Å². The Kier molecular flexibility index (Phi) is 5.84. The molecule has 0 atom stereocenters. The number of piperidine rings is 1. The minimum atomic E-state index is -3.74. The van der Waals surface area contributed by atoms with Gasteiger partial charge in [-0.25, -0.2) is 22.9 Å². The third-order valence-corrected chi connectivity index (χ3v) is 6.83. The van der Waals surface area contributed by atoms with Gasteiger partial charge in [0.2, 0.25) is 10.0 Å². The molecule has 10 heteroatoms. The number of ether oxygens (including phenoxy) is 1. The minimum absolute atomic E-state index is 0.0219. The molecule has 1 aliphatic heterocycles. The van der Waals surface area contributed by atoms with Crippen LogP contribution in [-0.4, -0.2) is 51.1 Å². The molecule has 0 amide bonds. The third kappa shape index (κ3) is 4.19. The molecule has 0 aromatic carbocycles. The fourth-order valence-corrected chi connectivity index (χ4v) is 5.33. The first kappa shape index (κ1) is 18.7. The zero-order valence-electron chi connectivity index (χ0n) is 14.3. The van der Waals surface area contributed by atoms with Crippen molar-refractivity contribution in [3.63, 3.8) is 0 Å². The molecule has 0 spiro atoms. The molecule has 26 heavy (non-hydrogen) atoms. The van der Waals surface area contributed by atoms with Crippen molar-refractivity contribution in [2.75, 3.05) is 31.6 Å². The number of aromatic nitrogens is 2. The summed E-state index contributed by atoms with van der Waals surface area (Å²) in [5.74, 6) is 0.433. The van der Waals surface area contributed by atoms with Crippen LogP contribution < -0.4 is 9.62 Å². The van der Waals surface area contributed by atoms with Crippen molar-refractivity contribution < 1.29 is 17.9 Å². The van der Waals surface area contributed by atoms with Crippen molar-refractivity contribution in [3.05, 3.63) is 34.9 Å². The first-order valence-corrected chi connectivity index (χ1v) is 10.5. The highest BCUT2D eigenvalue weighted by Crippen LogP contribution is 2.24. The summed E-state index contributed by atoms with van der Waals surface area (Å²) >= 11 is 1.06. The van der Waals surface area contributed by atoms with E-state index in [1.807, 2.05) is 0 Å².